The van der Waals surface area contributed by atoms with E-state index < -0.39 is 27.9 Å². The summed E-state index contributed by atoms with van der Waals surface area (Å²) in [6, 6.07) is 14.5. The molecule has 9 nitrogen and oxygen atoms in total. The molecule has 0 radical (unpaired) electrons. The number of hydrogen-bond acceptors (Lipinski definition) is 7. The SMILES string of the molecule is C[C@@H]1CNC[C@H](CCc2c(F)cncc2NC(=O)[C@H](Cc2ccc(Cl)cc2)NC2CCOCC2)N1S(=O)(=O)c1ccccc1. The number of carbonyl (C=O) groups is 1. The first-order valence-corrected chi connectivity index (χ1v) is 16.8. The number of anilines is 1. The van der Waals surface area contributed by atoms with Gasteiger partial charge in [0.1, 0.15) is 5.82 Å². The molecule has 2 aromatic carbocycles. The van der Waals surface area contributed by atoms with E-state index in [0.717, 1.165) is 24.6 Å². The molecule has 2 saturated heterocycles. The Kier molecular flexibility index (Phi) is 11.0. The van der Waals surface area contributed by atoms with Crippen molar-refractivity contribution in [2.75, 3.05) is 31.6 Å². The lowest BCUT2D eigenvalue weighted by Gasteiger charge is -2.40. The molecule has 1 aromatic heterocycles. The van der Waals surface area contributed by atoms with Crippen molar-refractivity contribution in [2.45, 2.75) is 68.1 Å². The van der Waals surface area contributed by atoms with Gasteiger partial charge in [0.05, 0.1) is 29.0 Å². The Labute approximate surface area is 263 Å². The molecule has 0 unspecified atom stereocenters. The number of benzene rings is 2. The summed E-state index contributed by atoms with van der Waals surface area (Å²) in [5.74, 6) is -0.856. The van der Waals surface area contributed by atoms with E-state index in [0.29, 0.717) is 49.7 Å². The quantitative estimate of drug-likeness (QED) is 0.287. The molecule has 2 fully saturated rings. The maximum atomic E-state index is 15.3. The number of piperazine rings is 1. The van der Waals surface area contributed by atoms with Crippen molar-refractivity contribution in [1.29, 1.82) is 0 Å². The number of carbonyl (C=O) groups excluding carboxylic acids is 1. The van der Waals surface area contributed by atoms with Gasteiger partial charge in [0.2, 0.25) is 15.9 Å². The number of amides is 1. The number of nitrogens with zero attached hydrogens (tertiary/aromatic N) is 2. The topological polar surface area (TPSA) is 113 Å². The van der Waals surface area contributed by atoms with Gasteiger partial charge in [-0.1, -0.05) is 41.9 Å². The van der Waals surface area contributed by atoms with E-state index in [1.54, 1.807) is 42.5 Å². The summed E-state index contributed by atoms with van der Waals surface area (Å²) in [6.07, 6.45) is 5.11. The van der Waals surface area contributed by atoms with Crippen LogP contribution >= 0.6 is 11.6 Å². The number of ether oxygens (including phenoxy) is 1. The highest BCUT2D eigenvalue weighted by molar-refractivity contribution is 7.89. The zero-order valence-corrected chi connectivity index (χ0v) is 26.3. The van der Waals surface area contributed by atoms with E-state index in [1.165, 1.54) is 10.5 Å². The van der Waals surface area contributed by atoms with Crippen LogP contribution in [-0.4, -0.2) is 74.1 Å². The summed E-state index contributed by atoms with van der Waals surface area (Å²) in [5.41, 5.74) is 1.50. The van der Waals surface area contributed by atoms with Gasteiger partial charge in [-0.2, -0.15) is 4.31 Å². The van der Waals surface area contributed by atoms with Crippen molar-refractivity contribution >= 4 is 33.2 Å². The highest BCUT2D eigenvalue weighted by atomic mass is 35.5. The van der Waals surface area contributed by atoms with E-state index in [9.17, 15) is 13.2 Å². The molecule has 2 aliphatic heterocycles. The molecule has 0 spiro atoms. The Morgan fingerprint density at radius 2 is 1.84 bits per heavy atom. The van der Waals surface area contributed by atoms with Gasteiger partial charge in [-0.25, -0.2) is 12.8 Å². The van der Waals surface area contributed by atoms with Crippen molar-refractivity contribution in [3.8, 4) is 0 Å². The maximum Gasteiger partial charge on any atom is 0.243 e. The first kappa shape index (κ1) is 32.5. The zero-order valence-electron chi connectivity index (χ0n) is 24.7. The fourth-order valence-corrected chi connectivity index (χ4v) is 7.95. The van der Waals surface area contributed by atoms with Crippen molar-refractivity contribution in [1.82, 2.24) is 19.9 Å². The lowest BCUT2D eigenvalue weighted by Crippen LogP contribution is -2.58. The number of halogens is 2. The molecule has 236 valence electrons. The van der Waals surface area contributed by atoms with Gasteiger partial charge in [0, 0.05) is 55.0 Å². The van der Waals surface area contributed by atoms with E-state index in [-0.39, 0.29) is 35.0 Å². The van der Waals surface area contributed by atoms with Crippen LogP contribution in [0.3, 0.4) is 0 Å². The van der Waals surface area contributed by atoms with Crippen molar-refractivity contribution in [2.24, 2.45) is 0 Å². The fraction of sp³-hybridized carbons (Fsp3) is 0.438. The second-order valence-corrected chi connectivity index (χ2v) is 13.7. The molecule has 0 saturated carbocycles. The largest absolute Gasteiger partial charge is 0.381 e. The van der Waals surface area contributed by atoms with Crippen LogP contribution in [0.4, 0.5) is 10.1 Å². The molecule has 12 heteroatoms. The van der Waals surface area contributed by atoms with Crippen LogP contribution in [0.5, 0.6) is 0 Å². The third-order valence-corrected chi connectivity index (χ3v) is 10.6. The van der Waals surface area contributed by atoms with Crippen LogP contribution in [0, 0.1) is 5.82 Å². The molecule has 44 heavy (non-hydrogen) atoms. The Balaban J connectivity index is 1.34. The molecule has 2 aliphatic rings. The van der Waals surface area contributed by atoms with Gasteiger partial charge >= 0.3 is 0 Å². The van der Waals surface area contributed by atoms with Gasteiger partial charge in [0.25, 0.3) is 0 Å². The number of pyridine rings is 1. The normalized spacial score (nSPS) is 20.7. The van der Waals surface area contributed by atoms with Crippen LogP contribution in [0.15, 0.2) is 71.9 Å². The Morgan fingerprint density at radius 1 is 1.11 bits per heavy atom. The van der Waals surface area contributed by atoms with Gasteiger partial charge < -0.3 is 20.7 Å². The highest BCUT2D eigenvalue weighted by Crippen LogP contribution is 2.27. The van der Waals surface area contributed by atoms with Gasteiger partial charge in [-0.3, -0.25) is 9.78 Å². The van der Waals surface area contributed by atoms with Crippen molar-refractivity contribution < 1.29 is 22.3 Å². The smallest absolute Gasteiger partial charge is 0.243 e. The monoisotopic (exact) mass is 643 g/mol. The van der Waals surface area contributed by atoms with Crippen molar-refractivity contribution in [3.05, 3.63) is 89.0 Å². The van der Waals surface area contributed by atoms with E-state index in [4.69, 9.17) is 16.3 Å². The average molecular weight is 644 g/mol. The summed E-state index contributed by atoms with van der Waals surface area (Å²) in [6.45, 7) is 4.06. The first-order chi connectivity index (χ1) is 21.2. The summed E-state index contributed by atoms with van der Waals surface area (Å²) in [7, 11) is -3.77. The van der Waals surface area contributed by atoms with E-state index >= 15 is 4.39 Å². The summed E-state index contributed by atoms with van der Waals surface area (Å²) in [4.78, 5) is 18.0. The van der Waals surface area contributed by atoms with Gasteiger partial charge in [0.15, 0.2) is 0 Å². The average Bonchev–Trinajstić information content (AvgIpc) is 3.02. The van der Waals surface area contributed by atoms with Gasteiger partial charge in [-0.05, 0) is 68.9 Å². The number of aromatic nitrogens is 1. The van der Waals surface area contributed by atoms with E-state index in [1.807, 2.05) is 19.1 Å². The summed E-state index contributed by atoms with van der Waals surface area (Å²) < 4.78 is 49.6. The number of hydrogen-bond donors (Lipinski definition) is 3. The third-order valence-electron chi connectivity index (χ3n) is 8.25. The lowest BCUT2D eigenvalue weighted by molar-refractivity contribution is -0.118. The molecular formula is C32H39ClFN5O4S. The number of sulfonamides is 1. The molecule has 1 amide bonds. The molecule has 0 bridgehead atoms. The fourth-order valence-electron chi connectivity index (χ4n) is 5.96. The molecular weight excluding hydrogens is 605 g/mol. The minimum atomic E-state index is -3.77. The molecule has 3 N–H and O–H groups in total. The molecule has 3 aromatic rings. The second kappa shape index (κ2) is 14.9. The predicted molar refractivity (Wildman–Crippen MR) is 169 cm³/mol. The van der Waals surface area contributed by atoms with Crippen LogP contribution in [0.25, 0.3) is 0 Å². The minimum Gasteiger partial charge on any atom is -0.381 e. The molecule has 5 rings (SSSR count). The first-order valence-electron chi connectivity index (χ1n) is 15.0. The minimum absolute atomic E-state index is 0.107. The maximum absolute atomic E-state index is 15.3. The van der Waals surface area contributed by atoms with E-state index in [2.05, 4.69) is 20.9 Å². The highest BCUT2D eigenvalue weighted by Gasteiger charge is 2.38. The van der Waals surface area contributed by atoms with Crippen molar-refractivity contribution in [3.63, 3.8) is 0 Å². The molecule has 3 atom stereocenters. The Bertz CT molecular complexity index is 1510. The third kappa shape index (κ3) is 8.01. The predicted octanol–water partition coefficient (Wildman–Crippen LogP) is 4.18. The summed E-state index contributed by atoms with van der Waals surface area (Å²) in [5, 5.41) is 10.3. The zero-order chi connectivity index (χ0) is 31.1. The Morgan fingerprint density at radius 3 is 2.57 bits per heavy atom. The molecule has 3 heterocycles. The number of nitrogens with one attached hydrogen (secondary N) is 3. The second-order valence-electron chi connectivity index (χ2n) is 11.4. The van der Waals surface area contributed by atoms with Crippen LogP contribution in [0.1, 0.15) is 37.3 Å². The number of rotatable bonds is 11. The molecule has 0 aliphatic carbocycles. The lowest BCUT2D eigenvalue weighted by atomic mass is 10.0. The van der Waals surface area contributed by atoms with Crippen LogP contribution in [-0.2, 0) is 32.4 Å². The summed E-state index contributed by atoms with van der Waals surface area (Å²) >= 11 is 6.07. The standard InChI is InChI=1S/C32H39ClFN5O4S/c1-22-18-35-19-26(39(22)44(41,42)27-5-3-2-4-6-27)11-12-28-29(34)20-36-21-31(28)38-32(40)30(37-25-13-15-43-16-14-25)17-23-7-9-24(33)10-8-23/h2-10,20-22,25-26,30,35,37H,11-19H2,1H3,(H,38,40)/t22-,26+,30+/m1/s1. The van der Waals surface area contributed by atoms with Crippen LogP contribution in [0.2, 0.25) is 5.02 Å². The van der Waals surface area contributed by atoms with Gasteiger partial charge in [-0.15, -0.1) is 0 Å². The Hall–Kier alpha value is -2.93. The van der Waals surface area contributed by atoms with Crippen LogP contribution < -0.4 is 16.0 Å².